The van der Waals surface area contributed by atoms with Gasteiger partial charge in [-0.05, 0) is 6.42 Å². The SMILES string of the molecule is CCCCCCCCOCCOCCOCCN[O-]. The van der Waals surface area contributed by atoms with Crippen LogP contribution in [-0.4, -0.2) is 46.2 Å². The van der Waals surface area contributed by atoms with Gasteiger partial charge in [-0.25, -0.2) is 0 Å². The Morgan fingerprint density at radius 1 is 0.684 bits per heavy atom. The summed E-state index contributed by atoms with van der Waals surface area (Å²) in [7, 11) is 0. The van der Waals surface area contributed by atoms with Gasteiger partial charge in [-0.2, -0.15) is 0 Å². The van der Waals surface area contributed by atoms with Crippen LogP contribution in [0, 0.1) is 5.21 Å². The fourth-order valence-corrected chi connectivity index (χ4v) is 1.64. The lowest BCUT2D eigenvalue weighted by atomic mass is 10.1. The van der Waals surface area contributed by atoms with E-state index in [-0.39, 0.29) is 0 Å². The minimum absolute atomic E-state index is 0.335. The lowest BCUT2D eigenvalue weighted by molar-refractivity contribution is 0.0147. The molecule has 0 amide bonds. The number of nitrogens with one attached hydrogen (secondary N) is 1. The minimum Gasteiger partial charge on any atom is -0.788 e. The van der Waals surface area contributed by atoms with Crippen molar-refractivity contribution in [1.82, 2.24) is 5.48 Å². The van der Waals surface area contributed by atoms with Crippen molar-refractivity contribution in [3.8, 4) is 0 Å². The van der Waals surface area contributed by atoms with Crippen LogP contribution in [0.4, 0.5) is 0 Å². The number of ether oxygens (including phenoxy) is 3. The normalized spacial score (nSPS) is 11.1. The third-order valence-electron chi connectivity index (χ3n) is 2.73. The van der Waals surface area contributed by atoms with E-state index in [4.69, 9.17) is 14.2 Å². The first kappa shape index (κ1) is 18.8. The molecule has 0 aliphatic carbocycles. The van der Waals surface area contributed by atoms with Crippen molar-refractivity contribution >= 4 is 0 Å². The van der Waals surface area contributed by atoms with Crippen molar-refractivity contribution < 1.29 is 14.2 Å². The van der Waals surface area contributed by atoms with Crippen molar-refractivity contribution in [2.75, 3.05) is 46.2 Å². The van der Waals surface area contributed by atoms with Gasteiger partial charge in [0.2, 0.25) is 0 Å². The summed E-state index contributed by atoms with van der Waals surface area (Å²) in [6, 6.07) is 0. The second-order valence-electron chi connectivity index (χ2n) is 4.50. The summed E-state index contributed by atoms with van der Waals surface area (Å²) in [5.41, 5.74) is 1.78. The van der Waals surface area contributed by atoms with Gasteiger partial charge < -0.3 is 24.9 Å². The van der Waals surface area contributed by atoms with E-state index < -0.39 is 0 Å². The van der Waals surface area contributed by atoms with Crippen LogP contribution in [0.2, 0.25) is 0 Å². The van der Waals surface area contributed by atoms with Crippen LogP contribution in [0.5, 0.6) is 0 Å². The summed E-state index contributed by atoms with van der Waals surface area (Å²) in [6.45, 7) is 6.17. The highest BCUT2D eigenvalue weighted by atomic mass is 16.5. The number of unbranched alkanes of at least 4 members (excludes halogenated alkanes) is 5. The number of rotatable bonds is 16. The quantitative estimate of drug-likeness (QED) is 0.346. The lowest BCUT2D eigenvalue weighted by Gasteiger charge is -2.08. The van der Waals surface area contributed by atoms with Crippen molar-refractivity contribution in [1.29, 1.82) is 0 Å². The van der Waals surface area contributed by atoms with Crippen molar-refractivity contribution in [3.05, 3.63) is 5.21 Å². The van der Waals surface area contributed by atoms with E-state index in [9.17, 15) is 5.21 Å². The summed E-state index contributed by atoms with van der Waals surface area (Å²) in [6.07, 6.45) is 7.73. The van der Waals surface area contributed by atoms with Crippen LogP contribution in [0.25, 0.3) is 0 Å². The zero-order valence-electron chi connectivity index (χ0n) is 12.3. The molecule has 0 aliphatic rings. The smallest absolute Gasteiger partial charge is 0.0701 e. The molecule has 0 aromatic carbocycles. The molecular weight excluding hydrogens is 246 g/mol. The van der Waals surface area contributed by atoms with Crippen molar-refractivity contribution in [2.24, 2.45) is 0 Å². The highest BCUT2D eigenvalue weighted by Gasteiger charge is 1.92. The van der Waals surface area contributed by atoms with Crippen LogP contribution >= 0.6 is 0 Å². The molecule has 0 aliphatic heterocycles. The zero-order valence-corrected chi connectivity index (χ0v) is 12.3. The molecular formula is C14H30NO4-. The maximum absolute atomic E-state index is 9.89. The van der Waals surface area contributed by atoms with Crippen molar-refractivity contribution in [2.45, 2.75) is 45.4 Å². The number of hydrogen-bond donors (Lipinski definition) is 1. The Hall–Kier alpha value is -0.200. The molecule has 0 saturated carbocycles. The van der Waals surface area contributed by atoms with Gasteiger partial charge in [0.25, 0.3) is 0 Å². The molecule has 116 valence electrons. The second-order valence-corrected chi connectivity index (χ2v) is 4.50. The Kier molecular flexibility index (Phi) is 17.6. The van der Waals surface area contributed by atoms with Crippen LogP contribution in [-0.2, 0) is 14.2 Å². The molecule has 0 atom stereocenters. The van der Waals surface area contributed by atoms with E-state index in [0.29, 0.717) is 39.6 Å². The maximum atomic E-state index is 9.89. The average Bonchev–Trinajstić information content (AvgIpc) is 2.43. The molecule has 0 fully saturated rings. The molecule has 0 radical (unpaired) electrons. The molecule has 0 aromatic rings. The predicted molar refractivity (Wildman–Crippen MR) is 77.2 cm³/mol. The van der Waals surface area contributed by atoms with E-state index in [1.165, 1.54) is 32.1 Å². The summed E-state index contributed by atoms with van der Waals surface area (Å²) in [4.78, 5) is 0. The predicted octanol–water partition coefficient (Wildman–Crippen LogP) is 2.48. The average molecular weight is 276 g/mol. The van der Waals surface area contributed by atoms with E-state index in [1.807, 2.05) is 0 Å². The highest BCUT2D eigenvalue weighted by Crippen LogP contribution is 2.04. The molecule has 1 N–H and O–H groups in total. The van der Waals surface area contributed by atoms with Gasteiger partial charge >= 0.3 is 0 Å². The molecule has 0 bridgehead atoms. The van der Waals surface area contributed by atoms with Crippen molar-refractivity contribution in [3.63, 3.8) is 0 Å². The largest absolute Gasteiger partial charge is 0.788 e. The Labute approximate surface area is 117 Å². The highest BCUT2D eigenvalue weighted by molar-refractivity contribution is 4.44. The van der Waals surface area contributed by atoms with Gasteiger partial charge in [0.1, 0.15) is 0 Å². The lowest BCUT2D eigenvalue weighted by Crippen LogP contribution is -2.15. The molecule has 0 rings (SSSR count). The molecule has 0 unspecified atom stereocenters. The van der Waals surface area contributed by atoms with Gasteiger partial charge in [-0.15, -0.1) is 0 Å². The first-order chi connectivity index (χ1) is 9.41. The third kappa shape index (κ3) is 17.8. The fourth-order valence-electron chi connectivity index (χ4n) is 1.64. The van der Waals surface area contributed by atoms with Crippen LogP contribution in [0.15, 0.2) is 0 Å². The molecule has 19 heavy (non-hydrogen) atoms. The Morgan fingerprint density at radius 2 is 1.21 bits per heavy atom. The Bertz CT molecular complexity index is 142. The fraction of sp³-hybridized carbons (Fsp3) is 1.00. The van der Waals surface area contributed by atoms with Gasteiger partial charge in [0.15, 0.2) is 0 Å². The van der Waals surface area contributed by atoms with Gasteiger partial charge in [-0.3, -0.25) is 0 Å². The van der Waals surface area contributed by atoms with E-state index >= 15 is 0 Å². The number of hydrogen-bond acceptors (Lipinski definition) is 5. The van der Waals surface area contributed by atoms with Crippen LogP contribution in [0.3, 0.4) is 0 Å². The zero-order chi connectivity index (χ0) is 14.0. The van der Waals surface area contributed by atoms with Gasteiger partial charge in [0.05, 0.1) is 33.0 Å². The molecule has 0 aromatic heterocycles. The first-order valence-electron chi connectivity index (χ1n) is 7.50. The first-order valence-corrected chi connectivity index (χ1v) is 7.50. The van der Waals surface area contributed by atoms with Gasteiger partial charge in [0, 0.05) is 13.2 Å². The molecule has 5 nitrogen and oxygen atoms in total. The molecule has 0 spiro atoms. The van der Waals surface area contributed by atoms with Gasteiger partial charge in [-0.1, -0.05) is 39.0 Å². The summed E-state index contributed by atoms with van der Waals surface area (Å²) in [5.74, 6) is 0. The minimum atomic E-state index is 0.335. The summed E-state index contributed by atoms with van der Waals surface area (Å²) < 4.78 is 15.9. The number of hydroxylamine groups is 1. The molecule has 5 heteroatoms. The topological polar surface area (TPSA) is 62.8 Å². The maximum Gasteiger partial charge on any atom is 0.0701 e. The standard InChI is InChI=1S/C14H30NO4/c1-2-3-4-5-6-7-9-17-11-13-19-14-12-18-10-8-15-16/h15H,2-14H2,1H3/q-1. The summed E-state index contributed by atoms with van der Waals surface area (Å²) in [5, 5.41) is 9.89. The molecule has 0 heterocycles. The molecule has 0 saturated heterocycles. The van der Waals surface area contributed by atoms with Crippen LogP contribution < -0.4 is 5.48 Å². The Balaban J connectivity index is 2.88. The summed E-state index contributed by atoms with van der Waals surface area (Å²) >= 11 is 0. The van der Waals surface area contributed by atoms with Crippen LogP contribution in [0.1, 0.15) is 45.4 Å². The second kappa shape index (κ2) is 17.8. The van der Waals surface area contributed by atoms with E-state index in [1.54, 1.807) is 5.48 Å². The third-order valence-corrected chi connectivity index (χ3v) is 2.73. The Morgan fingerprint density at radius 3 is 1.84 bits per heavy atom. The monoisotopic (exact) mass is 276 g/mol. The van der Waals surface area contributed by atoms with E-state index in [0.717, 1.165) is 13.0 Å². The van der Waals surface area contributed by atoms with E-state index in [2.05, 4.69) is 6.92 Å².